The van der Waals surface area contributed by atoms with Crippen LogP contribution in [-0.4, -0.2) is 24.9 Å². The van der Waals surface area contributed by atoms with Gasteiger partial charge in [-0.1, -0.05) is 31.5 Å². The lowest BCUT2D eigenvalue weighted by Gasteiger charge is -2.22. The quantitative estimate of drug-likeness (QED) is 0.813. The summed E-state index contributed by atoms with van der Waals surface area (Å²) < 4.78 is 5.02. The zero-order valence-electron chi connectivity index (χ0n) is 13.3. The molecule has 0 radical (unpaired) electrons. The van der Waals surface area contributed by atoms with Crippen LogP contribution in [0.3, 0.4) is 0 Å². The van der Waals surface area contributed by atoms with Crippen molar-refractivity contribution < 1.29 is 14.0 Å². The second kappa shape index (κ2) is 8.78. The third-order valence-corrected chi connectivity index (χ3v) is 3.47. The van der Waals surface area contributed by atoms with Gasteiger partial charge in [0.15, 0.2) is 5.76 Å². The zero-order valence-corrected chi connectivity index (χ0v) is 13.3. The summed E-state index contributed by atoms with van der Waals surface area (Å²) in [6, 6.07) is 12.9. The molecule has 0 unspecified atom stereocenters. The van der Waals surface area contributed by atoms with Crippen LogP contribution >= 0.6 is 0 Å². The molecule has 2 rings (SSSR count). The fourth-order valence-electron chi connectivity index (χ4n) is 2.23. The SMILES string of the molecule is CCCCN(C(=O)CCNC(=O)c1ccco1)c1ccccc1. The van der Waals surface area contributed by atoms with Crippen molar-refractivity contribution in [1.82, 2.24) is 5.32 Å². The standard InChI is InChI=1S/C18H22N2O3/c1-2-3-13-20(15-8-5-4-6-9-15)17(21)11-12-19-18(22)16-10-7-14-23-16/h4-10,14H,2-3,11-13H2,1H3,(H,19,22). The molecular formula is C18H22N2O3. The Morgan fingerprint density at radius 2 is 1.91 bits per heavy atom. The monoisotopic (exact) mass is 314 g/mol. The highest BCUT2D eigenvalue weighted by Gasteiger charge is 2.15. The summed E-state index contributed by atoms with van der Waals surface area (Å²) in [5.74, 6) is -0.0460. The summed E-state index contributed by atoms with van der Waals surface area (Å²) in [7, 11) is 0. The van der Waals surface area contributed by atoms with Gasteiger partial charge < -0.3 is 14.6 Å². The number of benzene rings is 1. The molecule has 2 amide bonds. The van der Waals surface area contributed by atoms with Crippen molar-refractivity contribution in [3.8, 4) is 0 Å². The number of nitrogens with one attached hydrogen (secondary N) is 1. The fourth-order valence-corrected chi connectivity index (χ4v) is 2.23. The van der Waals surface area contributed by atoms with Gasteiger partial charge in [0.2, 0.25) is 5.91 Å². The van der Waals surface area contributed by atoms with Crippen molar-refractivity contribution >= 4 is 17.5 Å². The molecule has 23 heavy (non-hydrogen) atoms. The van der Waals surface area contributed by atoms with E-state index >= 15 is 0 Å². The molecule has 1 N–H and O–H groups in total. The molecule has 0 aliphatic rings. The van der Waals surface area contributed by atoms with Crippen LogP contribution in [0, 0.1) is 0 Å². The van der Waals surface area contributed by atoms with Crippen molar-refractivity contribution in [2.45, 2.75) is 26.2 Å². The molecule has 0 bridgehead atoms. The number of nitrogens with zero attached hydrogens (tertiary/aromatic N) is 1. The lowest BCUT2D eigenvalue weighted by atomic mass is 10.2. The summed E-state index contributed by atoms with van der Waals surface area (Å²) in [4.78, 5) is 26.0. The molecule has 0 aliphatic heterocycles. The maximum absolute atomic E-state index is 12.5. The summed E-state index contributed by atoms with van der Waals surface area (Å²) >= 11 is 0. The molecule has 5 heteroatoms. The van der Waals surface area contributed by atoms with Crippen LogP contribution in [0.15, 0.2) is 53.1 Å². The fraction of sp³-hybridized carbons (Fsp3) is 0.333. The third kappa shape index (κ3) is 4.98. The number of unbranched alkanes of at least 4 members (excludes halogenated alkanes) is 1. The molecule has 0 fully saturated rings. The van der Waals surface area contributed by atoms with Gasteiger partial charge in [0.1, 0.15) is 0 Å². The number of amides is 2. The Bertz CT molecular complexity index is 608. The summed E-state index contributed by atoms with van der Waals surface area (Å²) in [6.07, 6.45) is 3.66. The number of furan rings is 1. The zero-order chi connectivity index (χ0) is 16.5. The first-order valence-corrected chi connectivity index (χ1v) is 7.89. The second-order valence-corrected chi connectivity index (χ2v) is 5.22. The van der Waals surface area contributed by atoms with E-state index < -0.39 is 0 Å². The van der Waals surface area contributed by atoms with Crippen molar-refractivity contribution in [3.05, 3.63) is 54.5 Å². The summed E-state index contributed by atoms with van der Waals surface area (Å²) in [6.45, 7) is 3.07. The van der Waals surface area contributed by atoms with Gasteiger partial charge >= 0.3 is 0 Å². The Hall–Kier alpha value is -2.56. The first-order valence-electron chi connectivity index (χ1n) is 7.89. The van der Waals surface area contributed by atoms with Gasteiger partial charge in [-0.05, 0) is 30.7 Å². The number of para-hydroxylation sites is 1. The number of hydrogen-bond donors (Lipinski definition) is 1. The summed E-state index contributed by atoms with van der Waals surface area (Å²) in [5, 5.41) is 2.70. The van der Waals surface area contributed by atoms with E-state index in [0.717, 1.165) is 18.5 Å². The molecule has 0 saturated heterocycles. The lowest BCUT2D eigenvalue weighted by Crippen LogP contribution is -2.35. The van der Waals surface area contributed by atoms with Crippen LogP contribution in [0.25, 0.3) is 0 Å². The number of anilines is 1. The van der Waals surface area contributed by atoms with Crippen LogP contribution in [-0.2, 0) is 4.79 Å². The average Bonchev–Trinajstić information content (AvgIpc) is 3.11. The molecule has 0 saturated carbocycles. The maximum Gasteiger partial charge on any atom is 0.286 e. The van der Waals surface area contributed by atoms with Crippen molar-refractivity contribution in [1.29, 1.82) is 0 Å². The Balaban J connectivity index is 1.89. The molecule has 1 heterocycles. The van der Waals surface area contributed by atoms with Gasteiger partial charge in [-0.3, -0.25) is 9.59 Å². The van der Waals surface area contributed by atoms with Crippen molar-refractivity contribution in [3.63, 3.8) is 0 Å². The van der Waals surface area contributed by atoms with E-state index in [-0.39, 0.29) is 30.5 Å². The third-order valence-electron chi connectivity index (χ3n) is 3.47. The van der Waals surface area contributed by atoms with Gasteiger partial charge in [0.25, 0.3) is 5.91 Å². The average molecular weight is 314 g/mol. The molecule has 5 nitrogen and oxygen atoms in total. The second-order valence-electron chi connectivity index (χ2n) is 5.22. The van der Waals surface area contributed by atoms with E-state index in [9.17, 15) is 9.59 Å². The van der Waals surface area contributed by atoms with E-state index in [0.29, 0.717) is 6.54 Å². The van der Waals surface area contributed by atoms with Crippen LogP contribution < -0.4 is 10.2 Å². The van der Waals surface area contributed by atoms with Crippen LogP contribution in [0.1, 0.15) is 36.7 Å². The first kappa shape index (κ1) is 16.8. The van der Waals surface area contributed by atoms with E-state index in [1.807, 2.05) is 30.3 Å². The molecule has 2 aromatic rings. The normalized spacial score (nSPS) is 10.3. The number of hydrogen-bond acceptors (Lipinski definition) is 3. The molecule has 0 atom stereocenters. The highest BCUT2D eigenvalue weighted by molar-refractivity contribution is 5.94. The molecule has 0 spiro atoms. The minimum absolute atomic E-state index is 0.00407. The van der Waals surface area contributed by atoms with Gasteiger partial charge in [-0.15, -0.1) is 0 Å². The first-order chi connectivity index (χ1) is 11.2. The minimum atomic E-state index is -0.303. The molecule has 1 aromatic heterocycles. The van der Waals surface area contributed by atoms with Gasteiger partial charge in [-0.2, -0.15) is 0 Å². The molecule has 0 aliphatic carbocycles. The molecule has 122 valence electrons. The van der Waals surface area contributed by atoms with Gasteiger partial charge in [-0.25, -0.2) is 0 Å². The van der Waals surface area contributed by atoms with Crippen molar-refractivity contribution in [2.75, 3.05) is 18.0 Å². The molecular weight excluding hydrogens is 292 g/mol. The minimum Gasteiger partial charge on any atom is -0.459 e. The largest absolute Gasteiger partial charge is 0.459 e. The van der Waals surface area contributed by atoms with Gasteiger partial charge in [0.05, 0.1) is 6.26 Å². The Morgan fingerprint density at radius 3 is 2.57 bits per heavy atom. The number of carbonyl (C=O) groups excluding carboxylic acids is 2. The van der Waals surface area contributed by atoms with E-state index in [2.05, 4.69) is 12.2 Å². The number of rotatable bonds is 8. The number of carbonyl (C=O) groups is 2. The van der Waals surface area contributed by atoms with Crippen molar-refractivity contribution in [2.24, 2.45) is 0 Å². The smallest absolute Gasteiger partial charge is 0.286 e. The lowest BCUT2D eigenvalue weighted by molar-refractivity contribution is -0.118. The predicted octanol–water partition coefficient (Wildman–Crippen LogP) is 3.23. The summed E-state index contributed by atoms with van der Waals surface area (Å²) in [5.41, 5.74) is 0.892. The highest BCUT2D eigenvalue weighted by atomic mass is 16.3. The van der Waals surface area contributed by atoms with Crippen LogP contribution in [0.5, 0.6) is 0 Å². The molecule has 1 aromatic carbocycles. The Kier molecular flexibility index (Phi) is 6.41. The van der Waals surface area contributed by atoms with E-state index in [1.165, 1.54) is 6.26 Å². The van der Waals surface area contributed by atoms with Gasteiger partial charge in [0, 0.05) is 25.2 Å². The van der Waals surface area contributed by atoms with Crippen LogP contribution in [0.4, 0.5) is 5.69 Å². The van der Waals surface area contributed by atoms with Crippen LogP contribution in [0.2, 0.25) is 0 Å². The maximum atomic E-state index is 12.5. The highest BCUT2D eigenvalue weighted by Crippen LogP contribution is 2.15. The predicted molar refractivity (Wildman–Crippen MR) is 89.4 cm³/mol. The van der Waals surface area contributed by atoms with E-state index in [4.69, 9.17) is 4.42 Å². The topological polar surface area (TPSA) is 62.6 Å². The Morgan fingerprint density at radius 1 is 1.13 bits per heavy atom. The van der Waals surface area contributed by atoms with E-state index in [1.54, 1.807) is 17.0 Å². The Labute approximate surface area is 136 Å².